The van der Waals surface area contributed by atoms with Crippen molar-refractivity contribution in [3.63, 3.8) is 0 Å². The molecule has 0 aromatic heterocycles. The van der Waals surface area contributed by atoms with Gasteiger partial charge in [0.15, 0.2) is 0 Å². The SMILES string of the molecule is CCO[C@@H]1C[C@H]2C(=O)NC3(CCC3)C(=O)N(C)[C@@H](C3CCCC3)C(=O)N(CC)[C@H](C(=O)N3CCOCC3)CC(=O)N(C)[C@@H](CC(C)C)C(=O)N[C@@H]([C@@H](C)CC)C(=O)N(C)CC(=O)N(C)[C@H]3CCCCCN(C3=O)[C@@H](CC3CCC(C(F)(F)F)CC3)C(=O)N(C)CC(=O)N[C@@H](CCC3CC(F)C(C(F)(F)F)C(F)C3)C(=O)N2C1. The van der Waals surface area contributed by atoms with Crippen molar-refractivity contribution >= 4 is 70.9 Å². The molecule has 634 valence electrons. The minimum atomic E-state index is -5.22. The van der Waals surface area contributed by atoms with Crippen LogP contribution >= 0.6 is 0 Å². The van der Waals surface area contributed by atoms with Gasteiger partial charge in [0.25, 0.3) is 0 Å². The third-order valence-electron chi connectivity index (χ3n) is 25.3. The maximum Gasteiger partial charge on any atom is 0.397 e. The van der Waals surface area contributed by atoms with Crippen LogP contribution in [-0.2, 0) is 67.0 Å². The van der Waals surface area contributed by atoms with Gasteiger partial charge in [0.1, 0.15) is 72.1 Å². The lowest BCUT2D eigenvalue weighted by Crippen LogP contribution is -2.68. The highest BCUT2D eigenvalue weighted by Crippen LogP contribution is 2.46. The number of carbonyl (C=O) groups excluding carboxylic acids is 12. The second kappa shape index (κ2) is 39.6. The molecule has 112 heavy (non-hydrogen) atoms. The monoisotopic (exact) mass is 1600 g/mol. The number of likely N-dealkylation sites (N-methyl/N-ethyl adjacent to an activating group) is 6. The van der Waals surface area contributed by atoms with Crippen LogP contribution in [-0.4, -0.2) is 301 Å². The van der Waals surface area contributed by atoms with Crippen molar-refractivity contribution in [1.29, 1.82) is 0 Å². The Kier molecular flexibility index (Phi) is 32.0. The molecule has 3 N–H and O–H groups in total. The lowest BCUT2D eigenvalue weighted by molar-refractivity contribution is -0.219. The molecule has 1 spiro atoms. The zero-order chi connectivity index (χ0) is 82.6. The summed E-state index contributed by atoms with van der Waals surface area (Å²) >= 11 is 0. The standard InChI is InChI=1S/C78H122F8N12O14/c1-12-47(6)65-73(108)91(8)45-63(101)92(9)56-23-16-15-19-32-97(72(56)107)59(40-48-24-27-51(28-25-48)77(81,82)83)70(105)90(7)44-61(99)87-55(29-26-49-38-53(79)64(54(80)39-49)78(84,85)86)69(104)98-43-52(112-14-3)41-58(98)68(103)89-76(30-20-31-76)75(110)94(11)66(50-21-17-18-22-50)74(109)96(13-2)60(71(106)95-33-35-111-36-34-95)42-62(100)93(10)57(37-46(4)5)67(102)88-65/h46-60,64-66H,12-45H2,1-11H3,(H,87,99)(H,88,102)(H,89,103)/t47-,48?,49?,51?,52+,53?,54?,55-,56-,57-,58-,59-,60-,64?,65-,66-/m0/s1. The van der Waals surface area contributed by atoms with Crippen molar-refractivity contribution < 1.29 is 102 Å². The number of halogens is 8. The van der Waals surface area contributed by atoms with E-state index in [1.54, 1.807) is 27.7 Å². The first-order valence-electron chi connectivity index (χ1n) is 40.8. The number of hydrogen-bond donors (Lipinski definition) is 3. The average molecular weight is 1600 g/mol. The third-order valence-corrected chi connectivity index (χ3v) is 25.3. The molecule has 0 aromatic carbocycles. The third kappa shape index (κ3) is 21.9. The topological polar surface area (TPSA) is 289 Å². The highest BCUT2D eigenvalue weighted by molar-refractivity contribution is 6.01. The van der Waals surface area contributed by atoms with E-state index >= 15 is 51.9 Å². The van der Waals surface area contributed by atoms with Crippen LogP contribution in [0.1, 0.15) is 196 Å². The Hall–Kier alpha value is -7.00. The summed E-state index contributed by atoms with van der Waals surface area (Å²) in [6.45, 7) is 9.07. The smallest absolute Gasteiger partial charge is 0.378 e. The van der Waals surface area contributed by atoms with Crippen molar-refractivity contribution in [3.8, 4) is 0 Å². The number of nitrogens with one attached hydrogen (secondary N) is 3. The number of amides is 12. The predicted molar refractivity (Wildman–Crippen MR) is 395 cm³/mol. The minimum Gasteiger partial charge on any atom is -0.378 e. The van der Waals surface area contributed by atoms with E-state index in [-0.39, 0.29) is 129 Å². The van der Waals surface area contributed by atoms with Crippen molar-refractivity contribution in [2.45, 2.75) is 280 Å². The number of alkyl halides is 8. The summed E-state index contributed by atoms with van der Waals surface area (Å²) in [5.74, 6) is -16.7. The Labute approximate surface area is 653 Å². The van der Waals surface area contributed by atoms with Crippen LogP contribution in [0.3, 0.4) is 0 Å². The summed E-state index contributed by atoms with van der Waals surface area (Å²) in [6.07, 6.45) is -15.2. The van der Waals surface area contributed by atoms with E-state index in [9.17, 15) is 40.7 Å². The summed E-state index contributed by atoms with van der Waals surface area (Å²) in [4.78, 5) is 195. The number of hydrogen-bond acceptors (Lipinski definition) is 14. The molecular formula is C78H122F8N12O14. The van der Waals surface area contributed by atoms with Crippen LogP contribution in [0.4, 0.5) is 35.1 Å². The van der Waals surface area contributed by atoms with Crippen molar-refractivity contribution in [1.82, 2.24) is 60.0 Å². The Morgan fingerprint density at radius 1 is 0.607 bits per heavy atom. The maximum absolute atomic E-state index is 16.0. The summed E-state index contributed by atoms with van der Waals surface area (Å²) < 4.78 is 127. The van der Waals surface area contributed by atoms with Gasteiger partial charge in [-0.25, -0.2) is 8.78 Å². The molecule has 8 aliphatic rings. The van der Waals surface area contributed by atoms with Gasteiger partial charge in [-0.3, -0.25) is 57.5 Å². The molecule has 8 rings (SSSR count). The predicted octanol–water partition coefficient (Wildman–Crippen LogP) is 6.74. The zero-order valence-corrected chi connectivity index (χ0v) is 67.2. The molecule has 0 radical (unpaired) electrons. The molecule has 8 fully saturated rings. The van der Waals surface area contributed by atoms with Crippen LogP contribution in [0.5, 0.6) is 0 Å². The Morgan fingerprint density at radius 3 is 1.80 bits per heavy atom. The van der Waals surface area contributed by atoms with E-state index in [0.717, 1.165) is 19.6 Å². The number of rotatable bonds is 14. The quantitative estimate of drug-likeness (QED) is 0.152. The lowest BCUT2D eigenvalue weighted by atomic mass is 9.74. The normalized spacial score (nSPS) is 32.0. The van der Waals surface area contributed by atoms with E-state index in [2.05, 4.69) is 16.0 Å². The van der Waals surface area contributed by atoms with Crippen LogP contribution in [0, 0.1) is 41.4 Å². The van der Waals surface area contributed by atoms with E-state index in [1.165, 1.54) is 59.7 Å². The molecule has 26 nitrogen and oxygen atoms in total. The van der Waals surface area contributed by atoms with Gasteiger partial charge in [-0.15, -0.1) is 0 Å². The molecule has 0 aromatic rings. The lowest BCUT2D eigenvalue weighted by Gasteiger charge is -2.47. The van der Waals surface area contributed by atoms with Gasteiger partial charge >= 0.3 is 12.4 Å². The number of fused-ring (bicyclic) bond motifs is 3. The molecule has 4 aliphatic heterocycles. The van der Waals surface area contributed by atoms with Gasteiger partial charge < -0.3 is 69.5 Å². The highest BCUT2D eigenvalue weighted by atomic mass is 19.4. The van der Waals surface area contributed by atoms with Gasteiger partial charge in [0.2, 0.25) is 70.9 Å². The highest BCUT2D eigenvalue weighted by Gasteiger charge is 2.57. The van der Waals surface area contributed by atoms with Gasteiger partial charge in [-0.2, -0.15) is 26.3 Å². The number of nitrogens with zero attached hydrogens (tertiary/aromatic N) is 9. The first-order chi connectivity index (χ1) is 52.8. The molecule has 4 aliphatic carbocycles. The molecule has 4 saturated carbocycles. The Balaban J connectivity index is 1.22. The average Bonchev–Trinajstić information content (AvgIpc) is 1.15. The number of morpholine rings is 1. The first-order valence-corrected chi connectivity index (χ1v) is 40.8. The molecule has 4 saturated heterocycles. The van der Waals surface area contributed by atoms with Crippen LogP contribution in [0.25, 0.3) is 0 Å². The second-order valence-electron chi connectivity index (χ2n) is 33.4. The molecule has 4 heterocycles. The fourth-order valence-corrected chi connectivity index (χ4v) is 18.3. The van der Waals surface area contributed by atoms with Crippen LogP contribution in [0.15, 0.2) is 0 Å². The van der Waals surface area contributed by atoms with Gasteiger partial charge in [0.05, 0.1) is 44.7 Å². The van der Waals surface area contributed by atoms with E-state index in [1.807, 2.05) is 13.8 Å². The molecule has 2 bridgehead atoms. The van der Waals surface area contributed by atoms with Crippen LogP contribution in [0.2, 0.25) is 0 Å². The van der Waals surface area contributed by atoms with E-state index < -0.39 is 230 Å². The van der Waals surface area contributed by atoms with Crippen molar-refractivity contribution in [3.05, 3.63) is 0 Å². The largest absolute Gasteiger partial charge is 0.397 e. The summed E-state index contributed by atoms with van der Waals surface area (Å²) in [6, 6.07) is -11.3. The maximum atomic E-state index is 16.0. The first kappa shape index (κ1) is 90.5. The summed E-state index contributed by atoms with van der Waals surface area (Å²) in [7, 11) is 6.77. The van der Waals surface area contributed by atoms with Gasteiger partial charge in [0, 0.05) is 81.0 Å². The molecule has 12 amide bonds. The molecule has 34 heteroatoms. The fraction of sp³-hybridized carbons (Fsp3) is 0.846. The summed E-state index contributed by atoms with van der Waals surface area (Å²) in [5.41, 5.74) is -1.70. The number of ether oxygens (including phenoxy) is 2. The minimum absolute atomic E-state index is 0.00769. The van der Waals surface area contributed by atoms with Crippen molar-refractivity contribution in [2.24, 2.45) is 41.4 Å². The van der Waals surface area contributed by atoms with Crippen LogP contribution < -0.4 is 16.0 Å². The van der Waals surface area contributed by atoms with Gasteiger partial charge in [-0.1, -0.05) is 59.8 Å². The zero-order valence-electron chi connectivity index (χ0n) is 67.2. The molecular weight excluding hydrogens is 1480 g/mol. The van der Waals surface area contributed by atoms with Gasteiger partial charge in [-0.05, 0) is 153 Å². The Morgan fingerprint density at radius 2 is 1.23 bits per heavy atom. The Bertz CT molecular complexity index is 3280. The molecule has 12 atom stereocenters. The number of carbonyl (C=O) groups is 12. The van der Waals surface area contributed by atoms with Crippen molar-refractivity contribution in [2.75, 3.05) is 101 Å². The molecule has 2 unspecified atom stereocenters. The summed E-state index contributed by atoms with van der Waals surface area (Å²) in [5, 5.41) is 8.50. The second-order valence-corrected chi connectivity index (χ2v) is 33.4. The fourth-order valence-electron chi connectivity index (χ4n) is 18.3. The van der Waals surface area contributed by atoms with E-state index in [0.29, 0.717) is 57.8 Å². The van der Waals surface area contributed by atoms with E-state index in [4.69, 9.17) is 9.47 Å².